The molecule has 0 saturated carbocycles. The van der Waals surface area contributed by atoms with Crippen LogP contribution in [0.15, 0.2) is 41.8 Å². The topological polar surface area (TPSA) is 71.1 Å². The Kier molecular flexibility index (Phi) is 7.27. The normalized spacial score (nSPS) is 14.5. The Bertz CT molecular complexity index is 774. The number of benzene rings is 1. The highest BCUT2D eigenvalue weighted by molar-refractivity contribution is 7.12. The van der Waals surface area contributed by atoms with Crippen molar-refractivity contribution in [1.29, 1.82) is 0 Å². The van der Waals surface area contributed by atoms with Crippen LogP contribution in [0.4, 0.5) is 0 Å². The third kappa shape index (κ3) is 5.46. The number of methoxy groups -OCH3 is 1. The van der Waals surface area contributed by atoms with Gasteiger partial charge in [-0.25, -0.2) is 0 Å². The molecule has 1 N–H and O–H groups in total. The lowest BCUT2D eigenvalue weighted by Gasteiger charge is -2.34. The first kappa shape index (κ1) is 20.2. The summed E-state index contributed by atoms with van der Waals surface area (Å²) >= 11 is 1.48. The molecule has 0 unspecified atom stereocenters. The van der Waals surface area contributed by atoms with E-state index >= 15 is 0 Å². The second-order valence-electron chi connectivity index (χ2n) is 6.40. The lowest BCUT2D eigenvalue weighted by Crippen LogP contribution is -2.50. The summed E-state index contributed by atoms with van der Waals surface area (Å²) in [6, 6.07) is 11.0. The Balaban J connectivity index is 1.32. The smallest absolute Gasteiger partial charge is 0.264 e. The van der Waals surface area contributed by atoms with Crippen molar-refractivity contribution in [3.63, 3.8) is 0 Å². The Morgan fingerprint density at radius 3 is 2.50 bits per heavy atom. The number of nitrogens with zero attached hydrogens (tertiary/aromatic N) is 2. The highest BCUT2D eigenvalue weighted by Crippen LogP contribution is 2.25. The van der Waals surface area contributed by atoms with Gasteiger partial charge in [0.2, 0.25) is 0 Å². The zero-order valence-corrected chi connectivity index (χ0v) is 16.7. The summed E-state index contributed by atoms with van der Waals surface area (Å²) in [6.07, 6.45) is 0. The number of carbonyl (C=O) groups excluding carboxylic acids is 2. The van der Waals surface area contributed by atoms with Gasteiger partial charge in [-0.1, -0.05) is 18.2 Å². The number of hydrogen-bond donors (Lipinski definition) is 1. The highest BCUT2D eigenvalue weighted by atomic mass is 32.1. The molecule has 0 aliphatic carbocycles. The molecule has 1 aromatic carbocycles. The predicted molar refractivity (Wildman–Crippen MR) is 108 cm³/mol. The van der Waals surface area contributed by atoms with Crippen LogP contribution in [0.3, 0.4) is 0 Å². The van der Waals surface area contributed by atoms with Gasteiger partial charge in [-0.15, -0.1) is 11.3 Å². The lowest BCUT2D eigenvalue weighted by atomic mass is 10.3. The Labute approximate surface area is 168 Å². The summed E-state index contributed by atoms with van der Waals surface area (Å²) < 4.78 is 10.7. The van der Waals surface area contributed by atoms with Crippen LogP contribution >= 0.6 is 11.3 Å². The van der Waals surface area contributed by atoms with Gasteiger partial charge in [0.1, 0.15) is 0 Å². The first-order valence-corrected chi connectivity index (χ1v) is 10.1. The van der Waals surface area contributed by atoms with E-state index in [4.69, 9.17) is 9.47 Å². The molecule has 7 nitrogen and oxygen atoms in total. The maximum Gasteiger partial charge on any atom is 0.264 e. The van der Waals surface area contributed by atoms with E-state index < -0.39 is 0 Å². The second-order valence-corrected chi connectivity index (χ2v) is 7.35. The Morgan fingerprint density at radius 2 is 1.82 bits per heavy atom. The van der Waals surface area contributed by atoms with E-state index in [0.717, 1.165) is 24.5 Å². The number of hydrogen-bond acceptors (Lipinski definition) is 6. The lowest BCUT2D eigenvalue weighted by molar-refractivity contribution is -0.123. The van der Waals surface area contributed by atoms with Gasteiger partial charge in [0.15, 0.2) is 18.1 Å². The van der Waals surface area contributed by atoms with Gasteiger partial charge in [-0.2, -0.15) is 0 Å². The summed E-state index contributed by atoms with van der Waals surface area (Å²) in [4.78, 5) is 29.3. The first-order chi connectivity index (χ1) is 13.7. The minimum atomic E-state index is -0.169. The van der Waals surface area contributed by atoms with Gasteiger partial charge in [0.25, 0.3) is 11.8 Å². The van der Waals surface area contributed by atoms with Crippen LogP contribution in [0.1, 0.15) is 9.67 Å². The molecule has 2 aromatic rings. The Morgan fingerprint density at radius 1 is 1.07 bits per heavy atom. The summed E-state index contributed by atoms with van der Waals surface area (Å²) in [5, 5.41) is 4.79. The molecule has 1 fully saturated rings. The van der Waals surface area contributed by atoms with Crippen molar-refractivity contribution < 1.29 is 19.1 Å². The minimum absolute atomic E-state index is 0.0521. The minimum Gasteiger partial charge on any atom is -0.493 e. The second kappa shape index (κ2) is 10.1. The Hall–Kier alpha value is -2.58. The molecule has 1 aromatic heterocycles. The third-order valence-electron chi connectivity index (χ3n) is 4.57. The number of para-hydroxylation sites is 2. The summed E-state index contributed by atoms with van der Waals surface area (Å²) in [6.45, 7) is 4.29. The molecule has 8 heteroatoms. The maximum absolute atomic E-state index is 12.3. The van der Waals surface area contributed by atoms with E-state index in [1.807, 2.05) is 34.5 Å². The number of thiophene rings is 1. The van der Waals surface area contributed by atoms with Crippen LogP contribution in [0, 0.1) is 0 Å². The summed E-state index contributed by atoms with van der Waals surface area (Å²) in [7, 11) is 1.57. The number of carbonyl (C=O) groups is 2. The van der Waals surface area contributed by atoms with Crippen LogP contribution < -0.4 is 14.8 Å². The molecular weight excluding hydrogens is 378 g/mol. The van der Waals surface area contributed by atoms with Crippen molar-refractivity contribution in [3.05, 3.63) is 46.7 Å². The van der Waals surface area contributed by atoms with E-state index in [0.29, 0.717) is 31.1 Å². The van der Waals surface area contributed by atoms with Gasteiger partial charge in [0, 0.05) is 39.3 Å². The monoisotopic (exact) mass is 403 g/mol. The maximum atomic E-state index is 12.3. The van der Waals surface area contributed by atoms with E-state index in [2.05, 4.69) is 10.2 Å². The number of ether oxygens (including phenoxy) is 2. The van der Waals surface area contributed by atoms with Gasteiger partial charge in [-0.05, 0) is 23.6 Å². The SMILES string of the molecule is COc1ccccc1OCC(=O)NCCN1CCN(C(=O)c2cccs2)CC1. The van der Waals surface area contributed by atoms with Crippen molar-refractivity contribution in [2.45, 2.75) is 0 Å². The quantitative estimate of drug-likeness (QED) is 0.727. The van der Waals surface area contributed by atoms with Crippen LogP contribution in [0.25, 0.3) is 0 Å². The summed E-state index contributed by atoms with van der Waals surface area (Å²) in [5.74, 6) is 1.09. The first-order valence-electron chi connectivity index (χ1n) is 9.25. The molecule has 0 spiro atoms. The zero-order valence-electron chi connectivity index (χ0n) is 15.9. The molecule has 28 heavy (non-hydrogen) atoms. The van der Waals surface area contributed by atoms with Gasteiger partial charge >= 0.3 is 0 Å². The molecular formula is C20H25N3O4S. The van der Waals surface area contributed by atoms with Gasteiger partial charge in [0.05, 0.1) is 12.0 Å². The van der Waals surface area contributed by atoms with Gasteiger partial charge < -0.3 is 19.7 Å². The fourth-order valence-corrected chi connectivity index (χ4v) is 3.71. The largest absolute Gasteiger partial charge is 0.493 e. The predicted octanol–water partition coefficient (Wildman–Crippen LogP) is 1.71. The van der Waals surface area contributed by atoms with E-state index in [9.17, 15) is 9.59 Å². The average molecular weight is 404 g/mol. The van der Waals surface area contributed by atoms with E-state index in [-0.39, 0.29) is 18.4 Å². The molecule has 2 amide bonds. The molecule has 0 radical (unpaired) electrons. The van der Waals surface area contributed by atoms with Gasteiger partial charge in [-0.3, -0.25) is 14.5 Å². The molecule has 3 rings (SSSR count). The molecule has 1 saturated heterocycles. The van der Waals surface area contributed by atoms with Crippen molar-refractivity contribution in [1.82, 2.24) is 15.1 Å². The number of piperazine rings is 1. The van der Waals surface area contributed by atoms with E-state index in [1.54, 1.807) is 19.2 Å². The van der Waals surface area contributed by atoms with Crippen molar-refractivity contribution >= 4 is 23.2 Å². The van der Waals surface area contributed by atoms with Crippen LogP contribution in [0.5, 0.6) is 11.5 Å². The number of nitrogens with one attached hydrogen (secondary N) is 1. The van der Waals surface area contributed by atoms with E-state index in [1.165, 1.54) is 11.3 Å². The molecule has 150 valence electrons. The molecule has 1 aliphatic heterocycles. The van der Waals surface area contributed by atoms with Crippen molar-refractivity contribution in [3.8, 4) is 11.5 Å². The molecule has 0 atom stereocenters. The highest BCUT2D eigenvalue weighted by Gasteiger charge is 2.22. The molecule has 0 bridgehead atoms. The van der Waals surface area contributed by atoms with Crippen molar-refractivity contribution in [2.24, 2.45) is 0 Å². The fourth-order valence-electron chi connectivity index (χ4n) is 3.02. The molecule has 1 aliphatic rings. The number of amides is 2. The number of rotatable bonds is 8. The van der Waals surface area contributed by atoms with Crippen molar-refractivity contribution in [2.75, 3.05) is 53.0 Å². The zero-order chi connectivity index (χ0) is 19.8. The third-order valence-corrected chi connectivity index (χ3v) is 5.43. The summed E-state index contributed by atoms with van der Waals surface area (Å²) in [5.41, 5.74) is 0. The standard InChI is InChI=1S/C20H25N3O4S/c1-26-16-5-2-3-6-17(16)27-15-19(24)21-8-9-22-10-12-23(13-11-22)20(25)18-7-4-14-28-18/h2-7,14H,8-13,15H2,1H3,(H,21,24). The van der Waals surface area contributed by atoms with Crippen LogP contribution in [-0.4, -0.2) is 74.6 Å². The average Bonchev–Trinajstić information content (AvgIpc) is 3.27. The van der Waals surface area contributed by atoms with Crippen LogP contribution in [0.2, 0.25) is 0 Å². The fraction of sp³-hybridized carbons (Fsp3) is 0.400. The molecule has 2 heterocycles. The van der Waals surface area contributed by atoms with Crippen LogP contribution in [-0.2, 0) is 4.79 Å².